The Kier molecular flexibility index (Phi) is 5.91. The molecule has 178 valence electrons. The maximum atomic E-state index is 13.1. The first-order valence-electron chi connectivity index (χ1n) is 11.5. The van der Waals surface area contributed by atoms with Crippen molar-refractivity contribution in [2.45, 2.75) is 13.3 Å². The van der Waals surface area contributed by atoms with E-state index >= 15 is 0 Å². The Labute approximate surface area is 200 Å². The number of anilines is 2. The second-order valence-corrected chi connectivity index (χ2v) is 10.9. The van der Waals surface area contributed by atoms with E-state index in [1.165, 1.54) is 3.97 Å². The van der Waals surface area contributed by atoms with E-state index in [4.69, 9.17) is 4.98 Å². The molecule has 0 spiro atoms. The molecule has 0 saturated carbocycles. The number of amides is 1. The van der Waals surface area contributed by atoms with E-state index in [1.54, 1.807) is 30.2 Å². The van der Waals surface area contributed by atoms with Crippen LogP contribution in [0.25, 0.3) is 17.1 Å². The van der Waals surface area contributed by atoms with Crippen molar-refractivity contribution in [3.63, 3.8) is 0 Å². The molecule has 0 aliphatic carbocycles. The number of carbonyl (C=O) groups excluding carboxylic acids is 1. The summed E-state index contributed by atoms with van der Waals surface area (Å²) in [5.41, 5.74) is 3.44. The van der Waals surface area contributed by atoms with Gasteiger partial charge in [0.05, 0.1) is 5.75 Å². The zero-order chi connectivity index (χ0) is 23.9. The number of rotatable bonds is 5. The van der Waals surface area contributed by atoms with E-state index < -0.39 is 10.0 Å². The number of fused-ring (bicyclic) bond motifs is 2. The SMILES string of the molecule is CC(=O)N1CCc2cc(C=CCS(=O)(=O)n3ccc4ccc(N5CCN(C)CC5)nc43)ccc21. The lowest BCUT2D eigenvalue weighted by atomic mass is 10.1. The fourth-order valence-electron chi connectivity index (χ4n) is 4.65. The molecule has 2 aliphatic heterocycles. The lowest BCUT2D eigenvalue weighted by molar-refractivity contribution is -0.116. The molecule has 5 rings (SSSR count). The van der Waals surface area contributed by atoms with Crippen molar-refractivity contribution in [1.82, 2.24) is 13.9 Å². The molecule has 2 aliphatic rings. The van der Waals surface area contributed by atoms with Gasteiger partial charge in [-0.25, -0.2) is 17.4 Å². The summed E-state index contributed by atoms with van der Waals surface area (Å²) in [6.45, 7) is 5.92. The van der Waals surface area contributed by atoms with E-state index in [0.717, 1.165) is 60.6 Å². The van der Waals surface area contributed by atoms with Gasteiger partial charge in [0.2, 0.25) is 15.9 Å². The van der Waals surface area contributed by atoms with Crippen molar-refractivity contribution in [1.29, 1.82) is 0 Å². The molecule has 0 atom stereocenters. The lowest BCUT2D eigenvalue weighted by Crippen LogP contribution is -2.44. The fourth-order valence-corrected chi connectivity index (χ4v) is 5.81. The van der Waals surface area contributed by atoms with Crippen molar-refractivity contribution in [3.8, 4) is 0 Å². The average molecular weight is 480 g/mol. The molecule has 1 aromatic carbocycles. The van der Waals surface area contributed by atoms with Crippen LogP contribution in [0.5, 0.6) is 0 Å². The molecule has 0 unspecified atom stereocenters. The van der Waals surface area contributed by atoms with Crippen LogP contribution in [0.3, 0.4) is 0 Å². The first-order chi connectivity index (χ1) is 16.3. The first kappa shape index (κ1) is 22.6. The summed E-state index contributed by atoms with van der Waals surface area (Å²) in [5.74, 6) is 0.717. The summed E-state index contributed by atoms with van der Waals surface area (Å²) < 4.78 is 27.6. The highest BCUT2D eigenvalue weighted by Crippen LogP contribution is 2.29. The predicted octanol–water partition coefficient (Wildman–Crippen LogP) is 2.59. The Balaban J connectivity index is 1.34. The van der Waals surface area contributed by atoms with Gasteiger partial charge in [0.1, 0.15) is 5.82 Å². The van der Waals surface area contributed by atoms with Gasteiger partial charge >= 0.3 is 0 Å². The summed E-state index contributed by atoms with van der Waals surface area (Å²) in [4.78, 5) is 22.7. The third-order valence-corrected chi connectivity index (χ3v) is 8.12. The molecule has 1 fully saturated rings. The summed E-state index contributed by atoms with van der Waals surface area (Å²) in [6, 6.07) is 11.6. The zero-order valence-electron chi connectivity index (χ0n) is 19.5. The van der Waals surface area contributed by atoms with Gasteiger partial charge < -0.3 is 14.7 Å². The fraction of sp³-hybridized carbons (Fsp3) is 0.360. The number of pyridine rings is 1. The molecular weight excluding hydrogens is 450 g/mol. The third kappa shape index (κ3) is 4.33. The number of benzene rings is 1. The standard InChI is InChI=1S/C25H29N5O3S/c1-19(31)29-11-9-22-18-20(5-7-23(22)29)4-3-17-34(32,33)30-12-10-21-6-8-24(26-25(21)30)28-15-13-27(2)14-16-28/h3-8,10,12,18H,9,11,13-17H2,1-2H3. The van der Waals surface area contributed by atoms with Gasteiger partial charge in [-0.2, -0.15) is 0 Å². The van der Waals surface area contributed by atoms with Crippen molar-refractivity contribution in [2.75, 3.05) is 55.3 Å². The second-order valence-electron chi connectivity index (χ2n) is 8.97. The van der Waals surface area contributed by atoms with Crippen molar-refractivity contribution < 1.29 is 13.2 Å². The van der Waals surface area contributed by atoms with E-state index in [-0.39, 0.29) is 11.7 Å². The van der Waals surface area contributed by atoms with Crippen LogP contribution < -0.4 is 9.80 Å². The number of piperazine rings is 1. The summed E-state index contributed by atoms with van der Waals surface area (Å²) in [6.07, 6.45) is 5.89. The van der Waals surface area contributed by atoms with E-state index in [9.17, 15) is 13.2 Å². The van der Waals surface area contributed by atoms with Crippen LogP contribution in [0, 0.1) is 0 Å². The van der Waals surface area contributed by atoms with Gasteiger partial charge in [-0.15, -0.1) is 0 Å². The van der Waals surface area contributed by atoms with Crippen LogP contribution in [0.15, 0.2) is 48.7 Å². The third-order valence-electron chi connectivity index (χ3n) is 6.61. The molecule has 2 aromatic heterocycles. The normalized spacial score (nSPS) is 17.1. The topological polar surface area (TPSA) is 78.8 Å². The molecule has 0 radical (unpaired) electrons. The smallest absolute Gasteiger partial charge is 0.243 e. The van der Waals surface area contributed by atoms with Crippen LogP contribution in [0.4, 0.5) is 11.5 Å². The minimum atomic E-state index is -3.61. The minimum Gasteiger partial charge on any atom is -0.354 e. The second kappa shape index (κ2) is 8.88. The van der Waals surface area contributed by atoms with E-state index in [1.807, 2.05) is 36.4 Å². The highest BCUT2D eigenvalue weighted by Gasteiger charge is 2.22. The molecule has 9 heteroatoms. The Bertz CT molecular complexity index is 1370. The van der Waals surface area contributed by atoms with Crippen LogP contribution >= 0.6 is 0 Å². The minimum absolute atomic E-state index is 0.0384. The van der Waals surface area contributed by atoms with Gasteiger partial charge in [-0.3, -0.25) is 4.79 Å². The number of aromatic nitrogens is 2. The number of likely N-dealkylation sites (N-methyl/N-ethyl adjacent to an activating group) is 1. The quantitative estimate of drug-likeness (QED) is 0.560. The van der Waals surface area contributed by atoms with Gasteiger partial charge in [0, 0.05) is 56.9 Å². The molecule has 1 amide bonds. The molecule has 0 N–H and O–H groups in total. The summed E-state index contributed by atoms with van der Waals surface area (Å²) >= 11 is 0. The molecule has 0 bridgehead atoms. The van der Waals surface area contributed by atoms with Gasteiger partial charge in [-0.1, -0.05) is 18.2 Å². The van der Waals surface area contributed by atoms with Gasteiger partial charge in [0.15, 0.2) is 5.65 Å². The van der Waals surface area contributed by atoms with E-state index in [2.05, 4.69) is 16.8 Å². The van der Waals surface area contributed by atoms with Gasteiger partial charge in [-0.05, 0) is 54.9 Å². The maximum absolute atomic E-state index is 13.1. The Morgan fingerprint density at radius 1 is 1.06 bits per heavy atom. The van der Waals surface area contributed by atoms with E-state index in [0.29, 0.717) is 12.2 Å². The summed E-state index contributed by atoms with van der Waals surface area (Å²) in [7, 11) is -1.51. The molecule has 34 heavy (non-hydrogen) atoms. The highest BCUT2D eigenvalue weighted by atomic mass is 32.2. The molecule has 1 saturated heterocycles. The zero-order valence-corrected chi connectivity index (χ0v) is 20.3. The first-order valence-corrected chi connectivity index (χ1v) is 13.2. The van der Waals surface area contributed by atoms with Crippen molar-refractivity contribution >= 4 is 44.5 Å². The molecule has 3 aromatic rings. The Morgan fingerprint density at radius 2 is 1.85 bits per heavy atom. The molecule has 4 heterocycles. The van der Waals surface area contributed by atoms with Crippen LogP contribution in [-0.4, -0.2) is 73.7 Å². The van der Waals surface area contributed by atoms with Crippen molar-refractivity contribution in [3.05, 3.63) is 59.8 Å². The van der Waals surface area contributed by atoms with Crippen LogP contribution in [0.2, 0.25) is 0 Å². The van der Waals surface area contributed by atoms with Gasteiger partial charge in [0.25, 0.3) is 0 Å². The average Bonchev–Trinajstić information content (AvgIpc) is 3.43. The van der Waals surface area contributed by atoms with Crippen LogP contribution in [0.1, 0.15) is 18.1 Å². The maximum Gasteiger partial charge on any atom is 0.243 e. The van der Waals surface area contributed by atoms with Crippen molar-refractivity contribution in [2.24, 2.45) is 0 Å². The molecular formula is C25H29N5O3S. The Hall–Kier alpha value is -3.17. The number of carbonyl (C=O) groups is 1. The monoisotopic (exact) mass is 479 g/mol. The predicted molar refractivity (Wildman–Crippen MR) is 136 cm³/mol. The number of hydrogen-bond acceptors (Lipinski definition) is 6. The summed E-state index contributed by atoms with van der Waals surface area (Å²) in [5, 5.41) is 0.805. The van der Waals surface area contributed by atoms with Crippen LogP contribution in [-0.2, 0) is 21.2 Å². The highest BCUT2D eigenvalue weighted by molar-refractivity contribution is 7.90. The number of nitrogens with zero attached hydrogens (tertiary/aromatic N) is 5. The number of hydrogen-bond donors (Lipinski definition) is 0. The molecule has 8 nitrogen and oxygen atoms in total. The lowest BCUT2D eigenvalue weighted by Gasteiger charge is -2.33. The Morgan fingerprint density at radius 3 is 2.62 bits per heavy atom. The largest absolute Gasteiger partial charge is 0.354 e.